The fraction of sp³-hybridized carbons (Fsp3) is 0. The third kappa shape index (κ3) is 6.96. The minimum Gasteiger partial charge on any atom is -0.368 e. The molecule has 8 heteroatoms. The molecule has 0 aliphatic heterocycles. The van der Waals surface area contributed by atoms with Gasteiger partial charge >= 0.3 is 8.25 Å². The maximum Gasteiger partial charge on any atom is 0.692 e. The van der Waals surface area contributed by atoms with Gasteiger partial charge in [0.15, 0.2) is 0 Å². The van der Waals surface area contributed by atoms with Crippen LogP contribution in [0.25, 0.3) is 0 Å². The monoisotopic (exact) mass is 165 g/mol. The van der Waals surface area contributed by atoms with Crippen molar-refractivity contribution < 1.29 is 14.4 Å². The lowest BCUT2D eigenvalue weighted by Crippen LogP contribution is -1.84. The van der Waals surface area contributed by atoms with Crippen LogP contribution in [-0.2, 0) is 4.57 Å². The number of anilines is 1. The van der Waals surface area contributed by atoms with E-state index in [0.717, 1.165) is 0 Å². The number of aromatic amines is 1. The van der Waals surface area contributed by atoms with Gasteiger partial charge in [-0.15, -0.1) is 9.79 Å². The van der Waals surface area contributed by atoms with E-state index in [0.29, 0.717) is 5.95 Å². The first-order valence-corrected chi connectivity index (χ1v) is 3.25. The highest BCUT2D eigenvalue weighted by molar-refractivity contribution is 7.30. The molecular formula is C2H6N4O3P+. The molecule has 0 radical (unpaired) electrons. The first-order valence-electron chi connectivity index (χ1n) is 2.08. The van der Waals surface area contributed by atoms with Gasteiger partial charge in [-0.1, -0.05) is 0 Å². The van der Waals surface area contributed by atoms with Crippen LogP contribution in [0.4, 0.5) is 5.95 Å². The van der Waals surface area contributed by atoms with Crippen LogP contribution < -0.4 is 5.73 Å². The van der Waals surface area contributed by atoms with Crippen LogP contribution >= 0.6 is 8.25 Å². The molecule has 0 fully saturated rings. The Balaban J connectivity index is 0.000000180. The fourth-order valence-electron chi connectivity index (χ4n) is 0.215. The maximum absolute atomic E-state index is 8.70. The summed E-state index contributed by atoms with van der Waals surface area (Å²) in [6.07, 6.45) is 1.36. The summed E-state index contributed by atoms with van der Waals surface area (Å²) in [5.74, 6) is 0.356. The van der Waals surface area contributed by atoms with Crippen molar-refractivity contribution in [3.63, 3.8) is 0 Å². The molecule has 0 aromatic carbocycles. The van der Waals surface area contributed by atoms with Gasteiger partial charge < -0.3 is 5.73 Å². The molecule has 56 valence electrons. The molecule has 0 spiro atoms. The van der Waals surface area contributed by atoms with E-state index in [1.165, 1.54) is 6.33 Å². The van der Waals surface area contributed by atoms with Gasteiger partial charge in [0, 0.05) is 4.57 Å². The average molecular weight is 165 g/mol. The van der Waals surface area contributed by atoms with E-state index in [9.17, 15) is 0 Å². The van der Waals surface area contributed by atoms with Crippen molar-refractivity contribution in [1.82, 2.24) is 15.2 Å². The summed E-state index contributed by atoms with van der Waals surface area (Å²) < 4.78 is 8.70. The van der Waals surface area contributed by atoms with Gasteiger partial charge in [-0.05, 0) is 0 Å². The third-order valence-electron chi connectivity index (χ3n) is 0.434. The van der Waals surface area contributed by atoms with E-state index in [-0.39, 0.29) is 0 Å². The minimum atomic E-state index is -2.87. The Hall–Kier alpha value is -1.04. The number of H-pyrrole nitrogens is 1. The molecule has 0 saturated heterocycles. The zero-order chi connectivity index (χ0) is 7.98. The van der Waals surface area contributed by atoms with Crippen LogP contribution in [0.5, 0.6) is 0 Å². The molecule has 1 heterocycles. The number of hydrogen-bond acceptors (Lipinski definition) is 4. The SMILES string of the molecule is Nc1ncn[nH]1.O=[P+](O)O. The molecule has 1 aromatic heterocycles. The Morgan fingerprint density at radius 1 is 1.70 bits per heavy atom. The van der Waals surface area contributed by atoms with Crippen molar-refractivity contribution in [2.45, 2.75) is 0 Å². The largest absolute Gasteiger partial charge is 0.692 e. The number of nitrogens with two attached hydrogens (primary N) is 1. The molecule has 1 rings (SSSR count). The van der Waals surface area contributed by atoms with Gasteiger partial charge in [0.05, 0.1) is 0 Å². The zero-order valence-electron chi connectivity index (χ0n) is 4.80. The highest BCUT2D eigenvalue weighted by atomic mass is 31.1. The van der Waals surface area contributed by atoms with Crippen LogP contribution in [-0.4, -0.2) is 25.0 Å². The summed E-state index contributed by atoms with van der Waals surface area (Å²) in [7, 11) is -2.87. The maximum atomic E-state index is 8.70. The van der Waals surface area contributed by atoms with Gasteiger partial charge in [-0.3, -0.25) is 0 Å². The second kappa shape index (κ2) is 4.80. The third-order valence-corrected chi connectivity index (χ3v) is 0.434. The van der Waals surface area contributed by atoms with Crippen molar-refractivity contribution in [3.8, 4) is 0 Å². The predicted octanol–water partition coefficient (Wildman–Crippen LogP) is -0.985. The molecule has 0 atom stereocenters. The normalized spacial score (nSPS) is 7.80. The lowest BCUT2D eigenvalue weighted by Gasteiger charge is -1.68. The fourth-order valence-corrected chi connectivity index (χ4v) is 0.215. The lowest BCUT2D eigenvalue weighted by molar-refractivity contribution is 0.405. The Labute approximate surface area is 56.9 Å². The Bertz CT molecular complexity index is 182. The van der Waals surface area contributed by atoms with Crippen molar-refractivity contribution >= 4 is 14.2 Å². The van der Waals surface area contributed by atoms with Crippen LogP contribution in [0.15, 0.2) is 6.33 Å². The topological polar surface area (TPSA) is 125 Å². The smallest absolute Gasteiger partial charge is 0.368 e. The summed E-state index contributed by atoms with van der Waals surface area (Å²) in [5, 5.41) is 5.88. The van der Waals surface area contributed by atoms with Gasteiger partial charge in [0.2, 0.25) is 5.95 Å². The van der Waals surface area contributed by atoms with E-state index in [4.69, 9.17) is 20.1 Å². The first-order chi connectivity index (χ1) is 4.63. The second-order valence-electron chi connectivity index (χ2n) is 1.12. The van der Waals surface area contributed by atoms with E-state index < -0.39 is 8.25 Å². The van der Waals surface area contributed by atoms with E-state index >= 15 is 0 Å². The highest BCUT2D eigenvalue weighted by Crippen LogP contribution is 1.98. The van der Waals surface area contributed by atoms with Gasteiger partial charge in [0.1, 0.15) is 6.33 Å². The summed E-state index contributed by atoms with van der Waals surface area (Å²) >= 11 is 0. The summed E-state index contributed by atoms with van der Waals surface area (Å²) in [5.41, 5.74) is 5.05. The number of aromatic nitrogens is 3. The highest BCUT2D eigenvalue weighted by Gasteiger charge is 1.93. The molecule has 0 aliphatic rings. The molecule has 0 saturated carbocycles. The lowest BCUT2D eigenvalue weighted by atomic mass is 11.1. The molecular weight excluding hydrogens is 159 g/mol. The number of nitrogen functional groups attached to an aromatic ring is 1. The predicted molar refractivity (Wildman–Crippen MR) is 32.8 cm³/mol. The first kappa shape index (κ1) is 8.96. The van der Waals surface area contributed by atoms with Crippen LogP contribution in [0, 0.1) is 0 Å². The zero-order valence-corrected chi connectivity index (χ0v) is 5.69. The molecule has 0 bridgehead atoms. The Morgan fingerprint density at radius 3 is 2.30 bits per heavy atom. The Kier molecular flexibility index (Phi) is 4.30. The molecule has 0 aliphatic carbocycles. The average Bonchev–Trinajstić information content (AvgIpc) is 2.15. The van der Waals surface area contributed by atoms with Crippen molar-refractivity contribution in [2.75, 3.05) is 5.73 Å². The number of nitrogens with one attached hydrogen (secondary N) is 1. The van der Waals surface area contributed by atoms with Crippen LogP contribution in [0.3, 0.4) is 0 Å². The quantitative estimate of drug-likeness (QED) is 0.366. The summed E-state index contributed by atoms with van der Waals surface area (Å²) in [6, 6.07) is 0. The molecule has 0 unspecified atom stereocenters. The van der Waals surface area contributed by atoms with E-state index in [2.05, 4.69) is 15.2 Å². The van der Waals surface area contributed by atoms with Crippen LogP contribution in [0.2, 0.25) is 0 Å². The standard InChI is InChI=1S/C2H4N4.HO3P/c3-2-4-1-5-6-2;1-4(2)3/h1H,(H3,3,4,5,6);(H-,1,2,3)/p+1. The van der Waals surface area contributed by atoms with Gasteiger partial charge in [-0.2, -0.15) is 5.10 Å². The number of nitrogens with zero attached hydrogens (tertiary/aromatic N) is 2. The Morgan fingerprint density at radius 2 is 2.20 bits per heavy atom. The minimum absolute atomic E-state index is 0.356. The molecule has 1 aromatic rings. The van der Waals surface area contributed by atoms with Crippen molar-refractivity contribution in [2.24, 2.45) is 0 Å². The second-order valence-corrected chi connectivity index (χ2v) is 1.63. The molecule has 0 amide bonds. The van der Waals surface area contributed by atoms with E-state index in [1.54, 1.807) is 0 Å². The number of hydrogen-bond donors (Lipinski definition) is 4. The van der Waals surface area contributed by atoms with E-state index in [1.807, 2.05) is 0 Å². The van der Waals surface area contributed by atoms with Crippen molar-refractivity contribution in [1.29, 1.82) is 0 Å². The number of rotatable bonds is 0. The molecule has 5 N–H and O–H groups in total. The molecule has 10 heavy (non-hydrogen) atoms. The summed E-state index contributed by atoms with van der Waals surface area (Å²) in [4.78, 5) is 17.8. The van der Waals surface area contributed by atoms with Gasteiger partial charge in [0.25, 0.3) is 0 Å². The van der Waals surface area contributed by atoms with Crippen LogP contribution in [0.1, 0.15) is 0 Å². The van der Waals surface area contributed by atoms with Crippen molar-refractivity contribution in [3.05, 3.63) is 6.33 Å². The summed E-state index contributed by atoms with van der Waals surface area (Å²) in [6.45, 7) is 0. The molecule has 7 nitrogen and oxygen atoms in total. The van der Waals surface area contributed by atoms with Gasteiger partial charge in [-0.25, -0.2) is 10.1 Å².